The van der Waals surface area contributed by atoms with Crippen LogP contribution in [0.25, 0.3) is 0 Å². The summed E-state index contributed by atoms with van der Waals surface area (Å²) in [5.74, 6) is 1.14. The molecule has 0 radical (unpaired) electrons. The highest BCUT2D eigenvalue weighted by molar-refractivity contribution is 5.80. The van der Waals surface area contributed by atoms with Gasteiger partial charge in [-0.2, -0.15) is 0 Å². The normalized spacial score (nSPS) is 47.1. The van der Waals surface area contributed by atoms with Crippen molar-refractivity contribution in [1.82, 2.24) is 5.32 Å². The third-order valence-corrected chi connectivity index (χ3v) is 5.32. The number of nitrogens with two attached hydrogens (primary N) is 1. The highest BCUT2D eigenvalue weighted by atomic mass is 16.5. The fourth-order valence-corrected chi connectivity index (χ4v) is 3.42. The van der Waals surface area contributed by atoms with Gasteiger partial charge in [0.2, 0.25) is 5.91 Å². The van der Waals surface area contributed by atoms with Crippen LogP contribution in [-0.4, -0.2) is 30.2 Å². The van der Waals surface area contributed by atoms with Crippen LogP contribution in [0.1, 0.15) is 47.0 Å². The van der Waals surface area contributed by atoms with Crippen molar-refractivity contribution in [2.24, 2.45) is 23.5 Å². The Morgan fingerprint density at radius 2 is 1.95 bits per heavy atom. The molecule has 1 heterocycles. The Balaban J connectivity index is 2.00. The van der Waals surface area contributed by atoms with Gasteiger partial charge in [0.1, 0.15) is 0 Å². The molecule has 6 unspecified atom stereocenters. The molecule has 0 spiro atoms. The molecule has 0 aromatic heterocycles. The summed E-state index contributed by atoms with van der Waals surface area (Å²) in [5.41, 5.74) is 5.91. The number of carbonyl (C=O) groups is 1. The van der Waals surface area contributed by atoms with Crippen molar-refractivity contribution in [3.05, 3.63) is 0 Å². The van der Waals surface area contributed by atoms with Crippen LogP contribution in [0.2, 0.25) is 0 Å². The van der Waals surface area contributed by atoms with Crippen molar-refractivity contribution >= 4 is 5.91 Å². The molecule has 1 aliphatic heterocycles. The molecule has 4 nitrogen and oxygen atoms in total. The zero-order valence-corrected chi connectivity index (χ0v) is 12.6. The first-order chi connectivity index (χ1) is 8.83. The van der Waals surface area contributed by atoms with Crippen LogP contribution in [0.15, 0.2) is 0 Å². The van der Waals surface area contributed by atoms with E-state index in [1.54, 1.807) is 0 Å². The molecule has 0 aromatic carbocycles. The quantitative estimate of drug-likeness (QED) is 0.801. The second-order valence-electron chi connectivity index (χ2n) is 6.87. The molecule has 2 rings (SSSR count). The van der Waals surface area contributed by atoms with Crippen LogP contribution in [0.4, 0.5) is 0 Å². The van der Waals surface area contributed by atoms with E-state index < -0.39 is 0 Å². The van der Waals surface area contributed by atoms with Crippen LogP contribution in [0, 0.1) is 17.8 Å². The van der Waals surface area contributed by atoms with Crippen LogP contribution in [-0.2, 0) is 9.53 Å². The minimum atomic E-state index is -0.218. The molecule has 0 bridgehead atoms. The van der Waals surface area contributed by atoms with Gasteiger partial charge in [-0.1, -0.05) is 13.8 Å². The Morgan fingerprint density at radius 3 is 2.53 bits per heavy atom. The molecule has 110 valence electrons. The third kappa shape index (κ3) is 2.95. The van der Waals surface area contributed by atoms with Gasteiger partial charge >= 0.3 is 0 Å². The number of hydrogen-bond acceptors (Lipinski definition) is 3. The van der Waals surface area contributed by atoms with E-state index in [1.807, 2.05) is 6.92 Å². The molecule has 2 aliphatic rings. The number of amides is 1. The van der Waals surface area contributed by atoms with E-state index >= 15 is 0 Å². The van der Waals surface area contributed by atoms with Crippen molar-refractivity contribution in [3.8, 4) is 0 Å². The van der Waals surface area contributed by atoms with Crippen molar-refractivity contribution in [2.75, 3.05) is 6.61 Å². The summed E-state index contributed by atoms with van der Waals surface area (Å²) in [7, 11) is 0. The first kappa shape index (κ1) is 14.8. The standard InChI is InChI=1S/C15H28N2O2/c1-9-7-10(2)13(16)8-12(9)14(18)17-15(4)5-6-19-11(15)3/h9-13H,5-8,16H2,1-4H3,(H,17,18). The van der Waals surface area contributed by atoms with Gasteiger partial charge in [-0.15, -0.1) is 0 Å². The van der Waals surface area contributed by atoms with Crippen molar-refractivity contribution in [3.63, 3.8) is 0 Å². The van der Waals surface area contributed by atoms with E-state index in [0.717, 1.165) is 25.9 Å². The van der Waals surface area contributed by atoms with Crippen LogP contribution >= 0.6 is 0 Å². The molecular formula is C15H28N2O2. The lowest BCUT2D eigenvalue weighted by Gasteiger charge is -2.38. The molecular weight excluding hydrogens is 240 g/mol. The van der Waals surface area contributed by atoms with Gasteiger partial charge in [0.25, 0.3) is 0 Å². The fourth-order valence-electron chi connectivity index (χ4n) is 3.42. The van der Waals surface area contributed by atoms with Crippen LogP contribution < -0.4 is 11.1 Å². The zero-order chi connectivity index (χ0) is 14.2. The summed E-state index contributed by atoms with van der Waals surface area (Å²) in [6.45, 7) is 9.20. The number of carbonyl (C=O) groups excluding carboxylic acids is 1. The van der Waals surface area contributed by atoms with Gasteiger partial charge in [-0.3, -0.25) is 4.79 Å². The molecule has 1 saturated heterocycles. The minimum Gasteiger partial charge on any atom is -0.376 e. The molecule has 1 saturated carbocycles. The van der Waals surface area contributed by atoms with Crippen molar-refractivity contribution in [1.29, 1.82) is 0 Å². The maximum atomic E-state index is 12.5. The lowest BCUT2D eigenvalue weighted by Crippen LogP contribution is -2.55. The molecule has 2 fully saturated rings. The predicted molar refractivity (Wildman–Crippen MR) is 75.6 cm³/mol. The van der Waals surface area contributed by atoms with Gasteiger partial charge in [0.15, 0.2) is 0 Å². The maximum Gasteiger partial charge on any atom is 0.223 e. The van der Waals surface area contributed by atoms with E-state index in [1.165, 1.54) is 0 Å². The summed E-state index contributed by atoms with van der Waals surface area (Å²) in [6, 6.07) is 0.150. The Labute approximate surface area is 116 Å². The Bertz CT molecular complexity index is 347. The SMILES string of the molecule is CC1CC(C)C(C(=O)NC2(C)CCOC2C)CC1N. The average Bonchev–Trinajstić information content (AvgIpc) is 2.64. The number of nitrogens with one attached hydrogen (secondary N) is 1. The van der Waals surface area contributed by atoms with Gasteiger partial charge < -0.3 is 15.8 Å². The van der Waals surface area contributed by atoms with E-state index in [-0.39, 0.29) is 29.5 Å². The third-order valence-electron chi connectivity index (χ3n) is 5.32. The van der Waals surface area contributed by atoms with Gasteiger partial charge in [0, 0.05) is 18.6 Å². The number of rotatable bonds is 2. The summed E-state index contributed by atoms with van der Waals surface area (Å²) >= 11 is 0. The fraction of sp³-hybridized carbons (Fsp3) is 0.933. The minimum absolute atomic E-state index is 0.0517. The Hall–Kier alpha value is -0.610. The summed E-state index contributed by atoms with van der Waals surface area (Å²) in [4.78, 5) is 12.5. The average molecular weight is 268 g/mol. The van der Waals surface area contributed by atoms with Crippen LogP contribution in [0.3, 0.4) is 0 Å². The molecule has 3 N–H and O–H groups in total. The van der Waals surface area contributed by atoms with E-state index in [4.69, 9.17) is 10.5 Å². The van der Waals surface area contributed by atoms with Gasteiger partial charge in [-0.05, 0) is 44.9 Å². The summed E-state index contributed by atoms with van der Waals surface area (Å²) in [6.07, 6.45) is 2.83. The summed E-state index contributed by atoms with van der Waals surface area (Å²) in [5, 5.41) is 3.22. The molecule has 0 aromatic rings. The highest BCUT2D eigenvalue weighted by Gasteiger charge is 2.42. The highest BCUT2D eigenvalue weighted by Crippen LogP contribution is 2.34. The number of hydrogen-bond donors (Lipinski definition) is 2. The van der Waals surface area contributed by atoms with E-state index in [9.17, 15) is 4.79 Å². The number of ether oxygens (including phenoxy) is 1. The topological polar surface area (TPSA) is 64.3 Å². The smallest absolute Gasteiger partial charge is 0.223 e. The second-order valence-corrected chi connectivity index (χ2v) is 6.87. The van der Waals surface area contributed by atoms with Crippen LogP contribution in [0.5, 0.6) is 0 Å². The van der Waals surface area contributed by atoms with E-state index in [0.29, 0.717) is 11.8 Å². The predicted octanol–water partition coefficient (Wildman–Crippen LogP) is 1.68. The van der Waals surface area contributed by atoms with Gasteiger partial charge in [0.05, 0.1) is 11.6 Å². The van der Waals surface area contributed by atoms with E-state index in [2.05, 4.69) is 26.1 Å². The monoisotopic (exact) mass is 268 g/mol. The first-order valence-electron chi connectivity index (χ1n) is 7.52. The Morgan fingerprint density at radius 1 is 1.26 bits per heavy atom. The van der Waals surface area contributed by atoms with Crippen molar-refractivity contribution in [2.45, 2.75) is 64.6 Å². The Kier molecular flexibility index (Phi) is 4.21. The van der Waals surface area contributed by atoms with Gasteiger partial charge in [-0.25, -0.2) is 0 Å². The largest absolute Gasteiger partial charge is 0.376 e. The first-order valence-corrected chi connectivity index (χ1v) is 7.52. The zero-order valence-electron chi connectivity index (χ0n) is 12.6. The molecule has 6 atom stereocenters. The molecule has 1 amide bonds. The molecule has 19 heavy (non-hydrogen) atoms. The maximum absolute atomic E-state index is 12.5. The molecule has 1 aliphatic carbocycles. The lowest BCUT2D eigenvalue weighted by molar-refractivity contribution is -0.130. The van der Waals surface area contributed by atoms with Crippen molar-refractivity contribution < 1.29 is 9.53 Å². The molecule has 4 heteroatoms. The second kappa shape index (κ2) is 5.41. The summed E-state index contributed by atoms with van der Waals surface area (Å²) < 4.78 is 5.58. The lowest BCUT2D eigenvalue weighted by atomic mass is 9.72.